The van der Waals surface area contributed by atoms with Crippen molar-refractivity contribution in [2.24, 2.45) is 5.92 Å². The van der Waals surface area contributed by atoms with E-state index < -0.39 is 5.97 Å². The second-order valence-corrected chi connectivity index (χ2v) is 6.64. The van der Waals surface area contributed by atoms with E-state index in [1.165, 1.54) is 17.0 Å². The number of rotatable bonds is 5. The molecule has 2 aromatic rings. The van der Waals surface area contributed by atoms with Gasteiger partial charge in [0.1, 0.15) is 6.54 Å². The lowest BCUT2D eigenvalue weighted by atomic mass is 9.95. The molecule has 0 saturated carbocycles. The highest BCUT2D eigenvalue weighted by Crippen LogP contribution is 2.23. The van der Waals surface area contributed by atoms with Crippen molar-refractivity contribution >= 4 is 23.1 Å². The van der Waals surface area contributed by atoms with Gasteiger partial charge in [-0.25, -0.2) is 9.97 Å². The molecule has 3 heterocycles. The Hall–Kier alpha value is -2.22. The molecule has 1 aliphatic rings. The molecule has 2 aromatic heterocycles. The van der Waals surface area contributed by atoms with Crippen LogP contribution in [0.15, 0.2) is 28.8 Å². The third-order valence-corrected chi connectivity index (χ3v) is 4.77. The van der Waals surface area contributed by atoms with E-state index in [2.05, 4.69) is 9.97 Å². The first-order valence-corrected chi connectivity index (χ1v) is 8.42. The summed E-state index contributed by atoms with van der Waals surface area (Å²) < 4.78 is 1.19. The molecule has 0 spiro atoms. The minimum absolute atomic E-state index is 0.343. The van der Waals surface area contributed by atoms with Crippen LogP contribution in [-0.4, -0.2) is 38.7 Å². The summed E-state index contributed by atoms with van der Waals surface area (Å²) in [5.74, 6) is -0.258. The summed E-state index contributed by atoms with van der Waals surface area (Å²) in [4.78, 5) is 33.7. The highest BCUT2D eigenvalue weighted by Gasteiger charge is 2.24. The lowest BCUT2D eigenvalue weighted by Gasteiger charge is -2.32. The van der Waals surface area contributed by atoms with E-state index in [9.17, 15) is 9.59 Å². The van der Waals surface area contributed by atoms with E-state index in [4.69, 9.17) is 5.11 Å². The summed E-state index contributed by atoms with van der Waals surface area (Å²) >= 11 is 1.65. The normalized spacial score (nSPS) is 18.1. The second kappa shape index (κ2) is 6.91. The first-order valence-electron chi connectivity index (χ1n) is 7.54. The summed E-state index contributed by atoms with van der Waals surface area (Å²) in [6.07, 6.45) is 7.71. The van der Waals surface area contributed by atoms with Crippen molar-refractivity contribution in [1.82, 2.24) is 14.5 Å². The molecule has 122 valence electrons. The third kappa shape index (κ3) is 3.76. The predicted molar refractivity (Wildman–Crippen MR) is 86.9 cm³/mol. The summed E-state index contributed by atoms with van der Waals surface area (Å²) in [6, 6.07) is 0. The van der Waals surface area contributed by atoms with Crippen LogP contribution in [0.4, 0.5) is 5.82 Å². The van der Waals surface area contributed by atoms with Crippen molar-refractivity contribution in [2.75, 3.05) is 18.0 Å². The van der Waals surface area contributed by atoms with Crippen molar-refractivity contribution < 1.29 is 9.90 Å². The maximum absolute atomic E-state index is 12.4. The monoisotopic (exact) mass is 334 g/mol. The Balaban J connectivity index is 1.76. The smallest absolute Gasteiger partial charge is 0.323 e. The molecule has 0 amide bonds. The van der Waals surface area contributed by atoms with Crippen molar-refractivity contribution in [3.8, 4) is 0 Å². The quantitative estimate of drug-likeness (QED) is 0.885. The number of carboxylic acids is 1. The van der Waals surface area contributed by atoms with E-state index in [1.807, 2.05) is 16.5 Å². The number of piperidine rings is 1. The Morgan fingerprint density at radius 3 is 3.00 bits per heavy atom. The van der Waals surface area contributed by atoms with Gasteiger partial charge in [-0.2, -0.15) is 0 Å². The molecule has 1 unspecified atom stereocenters. The van der Waals surface area contributed by atoms with Crippen LogP contribution in [-0.2, 0) is 17.8 Å². The molecule has 0 aliphatic carbocycles. The average Bonchev–Trinajstić information content (AvgIpc) is 3.02. The number of hydrogen-bond acceptors (Lipinski definition) is 6. The van der Waals surface area contributed by atoms with Gasteiger partial charge in [0.05, 0.1) is 5.01 Å². The minimum atomic E-state index is -1.04. The Kier molecular flexibility index (Phi) is 4.71. The summed E-state index contributed by atoms with van der Waals surface area (Å²) in [5.41, 5.74) is -0.343. The van der Waals surface area contributed by atoms with Crippen LogP contribution >= 0.6 is 11.3 Å². The number of carbonyl (C=O) groups is 1. The molecule has 23 heavy (non-hydrogen) atoms. The van der Waals surface area contributed by atoms with Crippen LogP contribution in [0.25, 0.3) is 0 Å². The zero-order valence-electron chi connectivity index (χ0n) is 12.6. The van der Waals surface area contributed by atoms with E-state index in [0.717, 1.165) is 37.4 Å². The van der Waals surface area contributed by atoms with Gasteiger partial charge in [-0.15, -0.1) is 11.3 Å². The molecule has 0 bridgehead atoms. The molecule has 8 heteroatoms. The number of aliphatic carboxylic acids is 1. The molecule has 3 rings (SSSR count). The number of nitrogens with zero attached hydrogens (tertiary/aromatic N) is 4. The number of aromatic nitrogens is 3. The fourth-order valence-electron chi connectivity index (χ4n) is 2.95. The van der Waals surface area contributed by atoms with Crippen LogP contribution in [0.5, 0.6) is 0 Å². The van der Waals surface area contributed by atoms with Crippen molar-refractivity contribution in [2.45, 2.75) is 25.8 Å². The van der Waals surface area contributed by atoms with Gasteiger partial charge in [-0.3, -0.25) is 14.2 Å². The predicted octanol–water partition coefficient (Wildman–Crippen LogP) is 1.24. The molecule has 0 radical (unpaired) electrons. The van der Waals surface area contributed by atoms with Gasteiger partial charge in [-0.05, 0) is 18.8 Å². The van der Waals surface area contributed by atoms with Crippen LogP contribution in [0, 0.1) is 5.92 Å². The highest BCUT2D eigenvalue weighted by atomic mass is 32.1. The average molecular weight is 334 g/mol. The SMILES string of the molecule is O=C(O)Cn1ccnc(N2CCCC(Cc3nccs3)C2)c1=O. The third-order valence-electron chi connectivity index (χ3n) is 3.97. The maximum Gasteiger partial charge on any atom is 0.323 e. The van der Waals surface area contributed by atoms with Gasteiger partial charge < -0.3 is 10.0 Å². The summed E-state index contributed by atoms with van der Waals surface area (Å²) in [5, 5.41) is 12.0. The van der Waals surface area contributed by atoms with Crippen LogP contribution in [0.2, 0.25) is 0 Å². The Morgan fingerprint density at radius 2 is 2.26 bits per heavy atom. The van der Waals surface area contributed by atoms with Gasteiger partial charge in [0.25, 0.3) is 5.56 Å². The molecule has 1 fully saturated rings. The second-order valence-electron chi connectivity index (χ2n) is 5.66. The van der Waals surface area contributed by atoms with E-state index in [1.54, 1.807) is 11.3 Å². The van der Waals surface area contributed by atoms with Crippen LogP contribution in [0.1, 0.15) is 17.8 Å². The lowest BCUT2D eigenvalue weighted by Crippen LogP contribution is -2.41. The molecule has 1 aliphatic heterocycles. The van der Waals surface area contributed by atoms with Crippen LogP contribution < -0.4 is 10.5 Å². The van der Waals surface area contributed by atoms with Gasteiger partial charge in [0.2, 0.25) is 0 Å². The van der Waals surface area contributed by atoms with Crippen molar-refractivity contribution in [1.29, 1.82) is 0 Å². The topological polar surface area (TPSA) is 88.3 Å². The van der Waals surface area contributed by atoms with E-state index in [-0.39, 0.29) is 12.1 Å². The zero-order valence-corrected chi connectivity index (χ0v) is 13.4. The number of anilines is 1. The van der Waals surface area contributed by atoms with Crippen LogP contribution in [0.3, 0.4) is 0 Å². The standard InChI is InChI=1S/C15H18N4O3S/c20-13(21)10-19-6-3-17-14(15(19)22)18-5-1-2-11(9-18)8-12-16-4-7-23-12/h3-4,6-7,11H,1-2,5,8-10H2,(H,20,21). The fourth-order valence-corrected chi connectivity index (χ4v) is 3.68. The largest absolute Gasteiger partial charge is 0.480 e. The van der Waals surface area contributed by atoms with E-state index in [0.29, 0.717) is 11.7 Å². The Labute approximate surface area is 137 Å². The first kappa shape index (κ1) is 15.7. The van der Waals surface area contributed by atoms with Gasteiger partial charge in [0, 0.05) is 43.5 Å². The summed E-state index contributed by atoms with van der Waals surface area (Å²) in [6.45, 7) is 1.18. The molecule has 1 saturated heterocycles. The zero-order chi connectivity index (χ0) is 16.2. The highest BCUT2D eigenvalue weighted by molar-refractivity contribution is 7.09. The first-order chi connectivity index (χ1) is 11.1. The maximum atomic E-state index is 12.4. The fraction of sp³-hybridized carbons (Fsp3) is 0.467. The molecule has 0 aromatic carbocycles. The molecular weight excluding hydrogens is 316 g/mol. The number of hydrogen-bond donors (Lipinski definition) is 1. The Morgan fingerprint density at radius 1 is 1.39 bits per heavy atom. The minimum Gasteiger partial charge on any atom is -0.480 e. The Bertz CT molecular complexity index is 729. The van der Waals surface area contributed by atoms with Crippen molar-refractivity contribution in [3.63, 3.8) is 0 Å². The van der Waals surface area contributed by atoms with E-state index >= 15 is 0 Å². The number of carboxylic acid groups (broad SMARTS) is 1. The molecular formula is C15H18N4O3S. The molecule has 7 nitrogen and oxygen atoms in total. The number of thiazole rings is 1. The van der Waals surface area contributed by atoms with Gasteiger partial charge in [0.15, 0.2) is 5.82 Å². The molecule has 1 atom stereocenters. The molecule has 1 N–H and O–H groups in total. The van der Waals surface area contributed by atoms with Crippen molar-refractivity contribution in [3.05, 3.63) is 39.3 Å². The van der Waals surface area contributed by atoms with Gasteiger partial charge >= 0.3 is 5.97 Å². The summed E-state index contributed by atoms with van der Waals surface area (Å²) in [7, 11) is 0. The van der Waals surface area contributed by atoms with Gasteiger partial charge in [-0.1, -0.05) is 0 Å². The lowest BCUT2D eigenvalue weighted by molar-refractivity contribution is -0.137.